The van der Waals surface area contributed by atoms with Crippen LogP contribution >= 0.6 is 11.6 Å². The summed E-state index contributed by atoms with van der Waals surface area (Å²) in [5.74, 6) is -0.882. The Morgan fingerprint density at radius 1 is 1.23 bits per heavy atom. The molecule has 2 aliphatic rings. The van der Waals surface area contributed by atoms with Crippen LogP contribution in [-0.4, -0.2) is 22.5 Å². The summed E-state index contributed by atoms with van der Waals surface area (Å²) in [7, 11) is 0. The topological polar surface area (TPSA) is 69.4 Å². The standard InChI is InChI=1S/C16H18ClNO4/c17-13-7-3-2-6-11(13)12-10-14(19)22-16(15(12)18(20)21)8-4-1-5-9-16/h2-3,6-7,12,15H,1,4-5,8-10H2/t12-,15+/m0/s1. The molecule has 2 fully saturated rings. The van der Waals surface area contributed by atoms with Crippen LogP contribution in [-0.2, 0) is 9.53 Å². The van der Waals surface area contributed by atoms with E-state index in [1.165, 1.54) is 0 Å². The molecule has 1 spiro atoms. The normalized spacial score (nSPS) is 27.4. The lowest BCUT2D eigenvalue weighted by Gasteiger charge is -2.44. The number of esters is 1. The number of nitrogens with zero attached hydrogens (tertiary/aromatic N) is 1. The summed E-state index contributed by atoms with van der Waals surface area (Å²) < 4.78 is 5.56. The third-order valence-electron chi connectivity index (χ3n) is 4.86. The van der Waals surface area contributed by atoms with E-state index < -0.39 is 17.6 Å². The van der Waals surface area contributed by atoms with Gasteiger partial charge < -0.3 is 4.74 Å². The first-order chi connectivity index (χ1) is 10.5. The van der Waals surface area contributed by atoms with Crippen LogP contribution in [0.2, 0.25) is 5.02 Å². The second-order valence-corrected chi connectivity index (χ2v) is 6.57. The number of ether oxygens (including phenoxy) is 1. The summed E-state index contributed by atoms with van der Waals surface area (Å²) >= 11 is 6.23. The number of carbonyl (C=O) groups is 1. The van der Waals surface area contributed by atoms with E-state index in [0.29, 0.717) is 23.4 Å². The number of hydrogen-bond acceptors (Lipinski definition) is 4. The van der Waals surface area contributed by atoms with E-state index in [4.69, 9.17) is 16.3 Å². The average molecular weight is 324 g/mol. The Morgan fingerprint density at radius 3 is 2.55 bits per heavy atom. The van der Waals surface area contributed by atoms with Crippen LogP contribution in [0.5, 0.6) is 0 Å². The zero-order valence-electron chi connectivity index (χ0n) is 12.2. The molecule has 1 aromatic rings. The second kappa shape index (κ2) is 5.88. The van der Waals surface area contributed by atoms with Gasteiger partial charge in [0, 0.05) is 9.95 Å². The molecular weight excluding hydrogens is 306 g/mol. The van der Waals surface area contributed by atoms with Gasteiger partial charge in [-0.2, -0.15) is 0 Å². The van der Waals surface area contributed by atoms with Gasteiger partial charge in [-0.3, -0.25) is 14.9 Å². The smallest absolute Gasteiger partial charge is 0.307 e. The molecule has 5 nitrogen and oxygen atoms in total. The van der Waals surface area contributed by atoms with Crippen LogP contribution in [0.25, 0.3) is 0 Å². The number of nitro groups is 1. The Bertz CT molecular complexity index is 598. The number of benzene rings is 1. The van der Waals surface area contributed by atoms with Gasteiger partial charge in [-0.25, -0.2) is 0 Å². The molecule has 1 heterocycles. The highest BCUT2D eigenvalue weighted by atomic mass is 35.5. The minimum Gasteiger partial charge on any atom is -0.452 e. The van der Waals surface area contributed by atoms with E-state index in [1.807, 2.05) is 0 Å². The molecule has 0 aromatic heterocycles. The van der Waals surface area contributed by atoms with E-state index in [1.54, 1.807) is 24.3 Å². The molecule has 1 saturated heterocycles. The van der Waals surface area contributed by atoms with Crippen molar-refractivity contribution in [3.05, 3.63) is 45.0 Å². The number of halogens is 1. The van der Waals surface area contributed by atoms with Crippen molar-refractivity contribution in [2.45, 2.75) is 56.1 Å². The van der Waals surface area contributed by atoms with Crippen LogP contribution in [0.4, 0.5) is 0 Å². The Morgan fingerprint density at radius 2 is 1.91 bits per heavy atom. The van der Waals surface area contributed by atoms with Crippen LogP contribution in [0.15, 0.2) is 24.3 Å². The van der Waals surface area contributed by atoms with Gasteiger partial charge in [0.05, 0.1) is 12.3 Å². The molecule has 6 heteroatoms. The van der Waals surface area contributed by atoms with Crippen molar-refractivity contribution in [3.63, 3.8) is 0 Å². The highest BCUT2D eigenvalue weighted by Gasteiger charge is 2.58. The lowest BCUT2D eigenvalue weighted by molar-refractivity contribution is -0.554. The fraction of sp³-hybridized carbons (Fsp3) is 0.562. The minimum atomic E-state index is -0.971. The fourth-order valence-electron chi connectivity index (χ4n) is 3.93. The molecule has 1 saturated carbocycles. The van der Waals surface area contributed by atoms with Gasteiger partial charge in [0.1, 0.15) is 0 Å². The quantitative estimate of drug-likeness (QED) is 0.472. The Kier molecular flexibility index (Phi) is 4.08. The van der Waals surface area contributed by atoms with Crippen LogP contribution in [0, 0.1) is 10.1 Å². The third kappa shape index (κ3) is 2.58. The lowest BCUT2D eigenvalue weighted by atomic mass is 9.70. The average Bonchev–Trinajstić information content (AvgIpc) is 2.47. The molecule has 1 aliphatic heterocycles. The maximum atomic E-state index is 12.1. The van der Waals surface area contributed by atoms with Crippen molar-refractivity contribution >= 4 is 17.6 Å². The first-order valence-electron chi connectivity index (χ1n) is 7.63. The molecule has 0 N–H and O–H groups in total. The van der Waals surface area contributed by atoms with E-state index in [-0.39, 0.29) is 17.3 Å². The predicted molar refractivity (Wildman–Crippen MR) is 81.5 cm³/mol. The maximum Gasteiger partial charge on any atom is 0.307 e. The van der Waals surface area contributed by atoms with E-state index in [0.717, 1.165) is 19.3 Å². The zero-order chi connectivity index (χ0) is 15.7. The monoisotopic (exact) mass is 323 g/mol. The molecule has 22 heavy (non-hydrogen) atoms. The Balaban J connectivity index is 2.05. The summed E-state index contributed by atoms with van der Waals surface area (Å²) in [5.41, 5.74) is -0.298. The van der Waals surface area contributed by atoms with Gasteiger partial charge in [0.15, 0.2) is 5.60 Å². The molecule has 0 unspecified atom stereocenters. The van der Waals surface area contributed by atoms with Crippen molar-refractivity contribution in [1.29, 1.82) is 0 Å². The molecular formula is C16H18ClNO4. The molecule has 2 atom stereocenters. The maximum absolute atomic E-state index is 12.1. The van der Waals surface area contributed by atoms with Crippen molar-refractivity contribution < 1.29 is 14.5 Å². The molecule has 1 aliphatic carbocycles. The Labute approximate surface area is 133 Å². The molecule has 118 valence electrons. The minimum absolute atomic E-state index is 0.0110. The SMILES string of the molecule is O=C1C[C@@H](c2ccccc2Cl)[C@@H]([N+](=O)[O-])C2(CCCCC2)O1. The summed E-state index contributed by atoms with van der Waals surface area (Å²) in [6.07, 6.45) is 3.87. The molecule has 3 rings (SSSR count). The van der Waals surface area contributed by atoms with E-state index >= 15 is 0 Å². The van der Waals surface area contributed by atoms with E-state index in [2.05, 4.69) is 0 Å². The highest BCUT2D eigenvalue weighted by Crippen LogP contribution is 2.47. The number of carbonyl (C=O) groups excluding carboxylic acids is 1. The van der Waals surface area contributed by atoms with Crippen molar-refractivity contribution in [3.8, 4) is 0 Å². The fourth-order valence-corrected chi connectivity index (χ4v) is 4.21. The van der Waals surface area contributed by atoms with Gasteiger partial charge in [-0.1, -0.05) is 36.2 Å². The largest absolute Gasteiger partial charge is 0.452 e. The van der Waals surface area contributed by atoms with Crippen LogP contribution in [0.3, 0.4) is 0 Å². The molecule has 0 amide bonds. The van der Waals surface area contributed by atoms with Gasteiger partial charge in [0.2, 0.25) is 0 Å². The lowest BCUT2D eigenvalue weighted by Crippen LogP contribution is -2.57. The van der Waals surface area contributed by atoms with Crippen molar-refractivity contribution in [1.82, 2.24) is 0 Å². The van der Waals surface area contributed by atoms with Crippen LogP contribution < -0.4 is 0 Å². The van der Waals surface area contributed by atoms with Gasteiger partial charge in [-0.05, 0) is 37.3 Å². The highest BCUT2D eigenvalue weighted by molar-refractivity contribution is 6.31. The van der Waals surface area contributed by atoms with Gasteiger partial charge in [0.25, 0.3) is 6.04 Å². The first-order valence-corrected chi connectivity index (χ1v) is 8.01. The third-order valence-corrected chi connectivity index (χ3v) is 5.20. The van der Waals surface area contributed by atoms with Crippen LogP contribution in [0.1, 0.15) is 50.0 Å². The Hall–Kier alpha value is -1.62. The number of rotatable bonds is 2. The molecule has 0 bridgehead atoms. The predicted octanol–water partition coefficient (Wildman–Crippen LogP) is 3.72. The second-order valence-electron chi connectivity index (χ2n) is 6.16. The van der Waals surface area contributed by atoms with Gasteiger partial charge in [-0.15, -0.1) is 0 Å². The summed E-state index contributed by atoms with van der Waals surface area (Å²) in [6, 6.07) is 6.14. The molecule has 1 aromatic carbocycles. The van der Waals surface area contributed by atoms with Crippen molar-refractivity contribution in [2.24, 2.45) is 0 Å². The zero-order valence-corrected chi connectivity index (χ0v) is 12.9. The first kappa shape index (κ1) is 15.3. The van der Waals surface area contributed by atoms with Gasteiger partial charge >= 0.3 is 5.97 Å². The molecule has 0 radical (unpaired) electrons. The number of hydrogen-bond donors (Lipinski definition) is 0. The van der Waals surface area contributed by atoms with E-state index in [9.17, 15) is 14.9 Å². The summed E-state index contributed by atoms with van der Waals surface area (Å²) in [4.78, 5) is 23.6. The summed E-state index contributed by atoms with van der Waals surface area (Å²) in [5, 5.41) is 12.3. The summed E-state index contributed by atoms with van der Waals surface area (Å²) in [6.45, 7) is 0. The van der Waals surface area contributed by atoms with Crippen molar-refractivity contribution in [2.75, 3.05) is 0 Å².